The third-order valence-electron chi connectivity index (χ3n) is 3.16. The molecule has 0 aromatic heterocycles. The van der Waals surface area contributed by atoms with Gasteiger partial charge in [-0.25, -0.2) is 0 Å². The lowest BCUT2D eigenvalue weighted by Gasteiger charge is -2.26. The van der Waals surface area contributed by atoms with E-state index in [1.807, 2.05) is 6.66 Å². The van der Waals surface area contributed by atoms with Crippen molar-refractivity contribution in [3.63, 3.8) is 0 Å². The van der Waals surface area contributed by atoms with E-state index in [0.29, 0.717) is 11.3 Å². The zero-order valence-electron chi connectivity index (χ0n) is 9.84. The highest BCUT2D eigenvalue weighted by Crippen LogP contribution is 2.54. The zero-order chi connectivity index (χ0) is 10.5. The van der Waals surface area contributed by atoms with E-state index in [1.54, 1.807) is 0 Å². The van der Waals surface area contributed by atoms with E-state index < -0.39 is 7.14 Å². The molecule has 0 aromatic rings. The minimum Gasteiger partial charge on any atom is -0.323 e. The topological polar surface area (TPSA) is 17.1 Å². The SMILES string of the molecule is CCCC(C)P(C)(=O)C(C)CCC. The standard InChI is InChI=1S/C11H25OP/c1-6-8-10(3)13(5,12)11(4)9-7-2/h10-11H,6-9H2,1-5H3. The second-order valence-electron chi connectivity index (χ2n) is 4.33. The first kappa shape index (κ1) is 13.2. The lowest BCUT2D eigenvalue weighted by molar-refractivity contribution is 0.549. The van der Waals surface area contributed by atoms with E-state index in [9.17, 15) is 4.57 Å². The largest absolute Gasteiger partial charge is 0.323 e. The van der Waals surface area contributed by atoms with Gasteiger partial charge < -0.3 is 4.57 Å². The summed E-state index contributed by atoms with van der Waals surface area (Å²) in [5.74, 6) is 0. The summed E-state index contributed by atoms with van der Waals surface area (Å²) in [5.41, 5.74) is 0.832. The molecule has 0 bridgehead atoms. The Hall–Kier alpha value is 0.230. The molecule has 0 rings (SSSR count). The molecular weight excluding hydrogens is 179 g/mol. The van der Waals surface area contributed by atoms with Gasteiger partial charge in [0.05, 0.1) is 7.14 Å². The predicted octanol–water partition coefficient (Wildman–Crippen LogP) is 4.36. The van der Waals surface area contributed by atoms with Crippen LogP contribution >= 0.6 is 7.14 Å². The van der Waals surface area contributed by atoms with E-state index in [1.165, 1.54) is 0 Å². The van der Waals surface area contributed by atoms with E-state index in [2.05, 4.69) is 27.7 Å². The molecule has 0 aliphatic carbocycles. The summed E-state index contributed by atoms with van der Waals surface area (Å²) in [6.07, 6.45) is 4.53. The van der Waals surface area contributed by atoms with E-state index >= 15 is 0 Å². The van der Waals surface area contributed by atoms with Crippen LogP contribution in [0.1, 0.15) is 53.4 Å². The van der Waals surface area contributed by atoms with Crippen LogP contribution < -0.4 is 0 Å². The van der Waals surface area contributed by atoms with Gasteiger partial charge in [-0.1, -0.05) is 40.5 Å². The minimum atomic E-state index is -1.91. The van der Waals surface area contributed by atoms with Crippen molar-refractivity contribution in [1.29, 1.82) is 0 Å². The quantitative estimate of drug-likeness (QED) is 0.587. The first-order chi connectivity index (χ1) is 5.96. The molecule has 0 saturated heterocycles. The van der Waals surface area contributed by atoms with Gasteiger partial charge in [0, 0.05) is 11.3 Å². The van der Waals surface area contributed by atoms with E-state index in [-0.39, 0.29) is 0 Å². The fraction of sp³-hybridized carbons (Fsp3) is 1.00. The normalized spacial score (nSPS) is 20.7. The van der Waals surface area contributed by atoms with E-state index in [0.717, 1.165) is 25.7 Å². The van der Waals surface area contributed by atoms with Crippen molar-refractivity contribution in [2.45, 2.75) is 64.7 Å². The molecule has 0 aromatic carbocycles. The van der Waals surface area contributed by atoms with Gasteiger partial charge in [0.15, 0.2) is 0 Å². The van der Waals surface area contributed by atoms with Gasteiger partial charge in [0.25, 0.3) is 0 Å². The summed E-state index contributed by atoms with van der Waals surface area (Å²) in [4.78, 5) is 0. The molecule has 0 aliphatic rings. The first-order valence-corrected chi connectivity index (χ1v) is 7.82. The van der Waals surface area contributed by atoms with Crippen LogP contribution in [-0.4, -0.2) is 18.0 Å². The Morgan fingerprint density at radius 3 is 1.54 bits per heavy atom. The van der Waals surface area contributed by atoms with Crippen molar-refractivity contribution in [3.8, 4) is 0 Å². The lowest BCUT2D eigenvalue weighted by atomic mass is 10.3. The highest BCUT2D eigenvalue weighted by molar-refractivity contribution is 7.64. The lowest BCUT2D eigenvalue weighted by Crippen LogP contribution is -2.13. The van der Waals surface area contributed by atoms with Gasteiger partial charge in [-0.3, -0.25) is 0 Å². The van der Waals surface area contributed by atoms with Crippen molar-refractivity contribution in [3.05, 3.63) is 0 Å². The van der Waals surface area contributed by atoms with Crippen LogP contribution in [0.2, 0.25) is 0 Å². The van der Waals surface area contributed by atoms with Crippen molar-refractivity contribution < 1.29 is 4.57 Å². The molecule has 0 saturated carbocycles. The van der Waals surface area contributed by atoms with Crippen molar-refractivity contribution >= 4 is 7.14 Å². The predicted molar refractivity (Wildman–Crippen MR) is 62.3 cm³/mol. The number of hydrogen-bond acceptors (Lipinski definition) is 1. The summed E-state index contributed by atoms with van der Waals surface area (Å²) in [7, 11) is -1.91. The molecule has 1 nitrogen and oxygen atoms in total. The number of hydrogen-bond donors (Lipinski definition) is 0. The van der Waals surface area contributed by atoms with Gasteiger partial charge in [0.1, 0.15) is 0 Å². The monoisotopic (exact) mass is 204 g/mol. The molecule has 2 heteroatoms. The summed E-state index contributed by atoms with van der Waals surface area (Å²) in [6, 6.07) is 0. The second kappa shape index (κ2) is 5.86. The second-order valence-corrected chi connectivity index (χ2v) is 8.22. The fourth-order valence-corrected chi connectivity index (χ4v) is 4.19. The third kappa shape index (κ3) is 3.85. The minimum absolute atomic E-state index is 0.416. The van der Waals surface area contributed by atoms with Crippen LogP contribution in [0, 0.1) is 0 Å². The Morgan fingerprint density at radius 1 is 1.00 bits per heavy atom. The van der Waals surface area contributed by atoms with E-state index in [4.69, 9.17) is 0 Å². The Labute approximate surface area is 83.7 Å². The molecule has 0 N–H and O–H groups in total. The van der Waals surface area contributed by atoms with Crippen LogP contribution in [0.25, 0.3) is 0 Å². The fourth-order valence-electron chi connectivity index (χ4n) is 1.78. The molecule has 0 fully saturated rings. The van der Waals surface area contributed by atoms with Gasteiger partial charge in [0.2, 0.25) is 0 Å². The molecule has 80 valence electrons. The molecule has 0 spiro atoms. The van der Waals surface area contributed by atoms with Gasteiger partial charge in [-0.2, -0.15) is 0 Å². The maximum absolute atomic E-state index is 12.4. The molecule has 13 heavy (non-hydrogen) atoms. The van der Waals surface area contributed by atoms with Gasteiger partial charge in [-0.15, -0.1) is 0 Å². The van der Waals surface area contributed by atoms with Gasteiger partial charge >= 0.3 is 0 Å². The maximum Gasteiger partial charge on any atom is 0.0901 e. The third-order valence-corrected chi connectivity index (χ3v) is 7.18. The molecule has 0 radical (unpaired) electrons. The Kier molecular flexibility index (Phi) is 5.96. The maximum atomic E-state index is 12.4. The zero-order valence-corrected chi connectivity index (χ0v) is 10.7. The first-order valence-electron chi connectivity index (χ1n) is 5.53. The average molecular weight is 204 g/mol. The number of rotatable bonds is 6. The molecule has 0 amide bonds. The Morgan fingerprint density at radius 2 is 1.31 bits per heavy atom. The molecular formula is C11H25OP. The summed E-state index contributed by atoms with van der Waals surface area (Å²) in [6.45, 7) is 10.6. The summed E-state index contributed by atoms with van der Waals surface area (Å²) in [5, 5.41) is 0. The molecule has 0 heterocycles. The Balaban J connectivity index is 4.27. The van der Waals surface area contributed by atoms with Crippen LogP contribution in [0.3, 0.4) is 0 Å². The molecule has 0 aliphatic heterocycles. The molecule has 2 unspecified atom stereocenters. The van der Waals surface area contributed by atoms with Crippen molar-refractivity contribution in [1.82, 2.24) is 0 Å². The molecule has 2 atom stereocenters. The van der Waals surface area contributed by atoms with Crippen LogP contribution in [0.15, 0.2) is 0 Å². The Bertz CT molecular complexity index is 161. The van der Waals surface area contributed by atoms with Crippen LogP contribution in [-0.2, 0) is 4.57 Å². The highest BCUT2D eigenvalue weighted by atomic mass is 31.2. The summed E-state index contributed by atoms with van der Waals surface area (Å²) < 4.78 is 12.4. The average Bonchev–Trinajstić information content (AvgIpc) is 2.05. The van der Waals surface area contributed by atoms with Crippen molar-refractivity contribution in [2.24, 2.45) is 0 Å². The van der Waals surface area contributed by atoms with Crippen LogP contribution in [0.5, 0.6) is 0 Å². The van der Waals surface area contributed by atoms with Crippen molar-refractivity contribution in [2.75, 3.05) is 6.66 Å². The van der Waals surface area contributed by atoms with Crippen LogP contribution in [0.4, 0.5) is 0 Å². The highest BCUT2D eigenvalue weighted by Gasteiger charge is 2.28. The smallest absolute Gasteiger partial charge is 0.0901 e. The van der Waals surface area contributed by atoms with Gasteiger partial charge in [-0.05, 0) is 19.5 Å². The summed E-state index contributed by atoms with van der Waals surface area (Å²) >= 11 is 0.